The highest BCUT2D eigenvalue weighted by molar-refractivity contribution is 9.10. The Morgan fingerprint density at radius 3 is 2.95 bits per heavy atom. The normalized spacial score (nSPS) is 27.4. The van der Waals surface area contributed by atoms with Crippen molar-refractivity contribution >= 4 is 27.7 Å². The summed E-state index contributed by atoms with van der Waals surface area (Å²) in [6.07, 6.45) is 8.22. The van der Waals surface area contributed by atoms with E-state index >= 15 is 0 Å². The highest BCUT2D eigenvalue weighted by Crippen LogP contribution is 2.42. The molecule has 2 saturated heterocycles. The summed E-state index contributed by atoms with van der Waals surface area (Å²) < 4.78 is 7.15. The lowest BCUT2D eigenvalue weighted by atomic mass is 9.77. The molecule has 2 aliphatic rings. The van der Waals surface area contributed by atoms with Crippen LogP contribution in [-0.2, 0) is 4.74 Å². The Morgan fingerprint density at radius 1 is 1.40 bits per heavy atom. The van der Waals surface area contributed by atoms with Crippen molar-refractivity contribution < 1.29 is 4.74 Å². The molecule has 0 amide bonds. The summed E-state index contributed by atoms with van der Waals surface area (Å²) in [5.41, 5.74) is 7.74. The zero-order chi connectivity index (χ0) is 14.0. The Hall–Kier alpha value is -0.100. The highest BCUT2D eigenvalue weighted by Gasteiger charge is 2.40. The van der Waals surface area contributed by atoms with Crippen LogP contribution in [0.5, 0.6) is 0 Å². The Morgan fingerprint density at radius 2 is 2.20 bits per heavy atom. The largest absolute Gasteiger partial charge is 0.375 e. The number of aromatic nitrogens is 1. The summed E-state index contributed by atoms with van der Waals surface area (Å²) in [5.74, 6) is 2.95. The molecule has 3 nitrogen and oxygen atoms in total. The molecule has 5 heteroatoms. The third-order valence-electron chi connectivity index (χ3n) is 4.55. The Labute approximate surface area is 133 Å². The maximum absolute atomic E-state index is 6.51. The fraction of sp³-hybridized carbons (Fsp3) is 0.667. The van der Waals surface area contributed by atoms with Crippen LogP contribution in [0.25, 0.3) is 0 Å². The number of nitrogens with zero attached hydrogens (tertiary/aromatic N) is 1. The van der Waals surface area contributed by atoms with Gasteiger partial charge in [-0.2, -0.15) is 11.8 Å². The molecular weight excluding hydrogens is 336 g/mol. The molecule has 20 heavy (non-hydrogen) atoms. The van der Waals surface area contributed by atoms with E-state index in [-0.39, 0.29) is 11.6 Å². The summed E-state index contributed by atoms with van der Waals surface area (Å²) >= 11 is 5.52. The number of halogens is 1. The van der Waals surface area contributed by atoms with E-state index in [2.05, 4.69) is 27.0 Å². The lowest BCUT2D eigenvalue weighted by Crippen LogP contribution is -2.45. The van der Waals surface area contributed by atoms with E-state index in [0.717, 1.165) is 29.5 Å². The van der Waals surface area contributed by atoms with E-state index in [9.17, 15) is 0 Å². The second-order valence-corrected chi connectivity index (χ2v) is 8.00. The molecule has 0 aromatic carbocycles. The van der Waals surface area contributed by atoms with Gasteiger partial charge in [0.15, 0.2) is 0 Å². The van der Waals surface area contributed by atoms with Crippen molar-refractivity contribution in [2.75, 3.05) is 18.1 Å². The zero-order valence-electron chi connectivity index (χ0n) is 11.6. The summed E-state index contributed by atoms with van der Waals surface area (Å²) in [4.78, 5) is 4.24. The lowest BCUT2D eigenvalue weighted by molar-refractivity contribution is -0.105. The molecular formula is C15H21BrN2OS. The van der Waals surface area contributed by atoms with Crippen molar-refractivity contribution in [2.45, 2.75) is 37.3 Å². The molecule has 110 valence electrons. The molecule has 1 aromatic rings. The van der Waals surface area contributed by atoms with Crippen LogP contribution in [0, 0.1) is 5.92 Å². The molecule has 0 radical (unpaired) electrons. The van der Waals surface area contributed by atoms with Crippen molar-refractivity contribution in [1.82, 2.24) is 4.98 Å². The van der Waals surface area contributed by atoms with Gasteiger partial charge in [-0.1, -0.05) is 0 Å². The first-order valence-corrected chi connectivity index (χ1v) is 9.21. The van der Waals surface area contributed by atoms with E-state index in [1.807, 2.05) is 18.0 Å². The number of pyridine rings is 1. The SMILES string of the molecule is NC(c1cncc(Br)c1)C1CCOC2(CCSCC2)C1. The first kappa shape index (κ1) is 14.8. The van der Waals surface area contributed by atoms with E-state index < -0.39 is 0 Å². The predicted octanol–water partition coefficient (Wildman–Crippen LogP) is 3.54. The standard InChI is InChI=1S/C15H21BrN2OS/c16-13-7-12(9-18-10-13)14(17)11-1-4-19-15(8-11)2-5-20-6-3-15/h7,9-11,14H,1-6,8,17H2. The Kier molecular flexibility index (Phi) is 4.70. The average Bonchev–Trinajstić information content (AvgIpc) is 2.47. The smallest absolute Gasteiger partial charge is 0.0701 e. The first-order valence-electron chi connectivity index (χ1n) is 7.26. The quantitative estimate of drug-likeness (QED) is 0.880. The highest BCUT2D eigenvalue weighted by atomic mass is 79.9. The van der Waals surface area contributed by atoms with Gasteiger partial charge in [0, 0.05) is 29.5 Å². The van der Waals surface area contributed by atoms with Gasteiger partial charge in [0.25, 0.3) is 0 Å². The van der Waals surface area contributed by atoms with E-state index in [1.165, 1.54) is 24.3 Å². The summed E-state index contributed by atoms with van der Waals surface area (Å²) in [6.45, 7) is 0.852. The topological polar surface area (TPSA) is 48.1 Å². The number of hydrogen-bond donors (Lipinski definition) is 1. The Balaban J connectivity index is 1.73. The second kappa shape index (κ2) is 6.34. The van der Waals surface area contributed by atoms with Gasteiger partial charge in [-0.15, -0.1) is 0 Å². The van der Waals surface area contributed by atoms with Crippen LogP contribution in [-0.4, -0.2) is 28.7 Å². The number of thioether (sulfide) groups is 1. The number of rotatable bonds is 2. The fourth-order valence-electron chi connectivity index (χ4n) is 3.35. The van der Waals surface area contributed by atoms with Crippen LogP contribution < -0.4 is 5.73 Å². The minimum Gasteiger partial charge on any atom is -0.375 e. The maximum atomic E-state index is 6.51. The fourth-order valence-corrected chi connectivity index (χ4v) is 4.97. The van der Waals surface area contributed by atoms with Gasteiger partial charge in [0.05, 0.1) is 5.60 Å². The second-order valence-electron chi connectivity index (χ2n) is 5.86. The van der Waals surface area contributed by atoms with E-state index in [1.54, 1.807) is 6.20 Å². The molecule has 3 heterocycles. The minimum atomic E-state index is 0.0651. The molecule has 3 rings (SSSR count). The summed E-state index contributed by atoms with van der Waals surface area (Å²) in [5, 5.41) is 0. The molecule has 0 saturated carbocycles. The third-order valence-corrected chi connectivity index (χ3v) is 5.97. The van der Waals surface area contributed by atoms with Crippen LogP contribution in [0.1, 0.15) is 37.3 Å². The summed E-state index contributed by atoms with van der Waals surface area (Å²) in [7, 11) is 0. The van der Waals surface area contributed by atoms with Crippen molar-refractivity contribution in [2.24, 2.45) is 11.7 Å². The van der Waals surface area contributed by atoms with Crippen molar-refractivity contribution in [3.63, 3.8) is 0 Å². The van der Waals surface area contributed by atoms with E-state index in [4.69, 9.17) is 10.5 Å². The van der Waals surface area contributed by atoms with Crippen molar-refractivity contribution in [3.8, 4) is 0 Å². The van der Waals surface area contributed by atoms with Crippen LogP contribution in [0.3, 0.4) is 0 Å². The lowest BCUT2D eigenvalue weighted by Gasteiger charge is -2.44. The zero-order valence-corrected chi connectivity index (χ0v) is 14.0. The van der Waals surface area contributed by atoms with Crippen molar-refractivity contribution in [3.05, 3.63) is 28.5 Å². The molecule has 2 unspecified atom stereocenters. The van der Waals surface area contributed by atoms with Gasteiger partial charge >= 0.3 is 0 Å². The van der Waals surface area contributed by atoms with Crippen molar-refractivity contribution in [1.29, 1.82) is 0 Å². The minimum absolute atomic E-state index is 0.0651. The van der Waals surface area contributed by atoms with Gasteiger partial charge in [0.2, 0.25) is 0 Å². The maximum Gasteiger partial charge on any atom is 0.0701 e. The summed E-state index contributed by atoms with van der Waals surface area (Å²) in [6, 6.07) is 2.16. The molecule has 2 atom stereocenters. The van der Waals surface area contributed by atoms with Crippen LogP contribution in [0.15, 0.2) is 22.9 Å². The predicted molar refractivity (Wildman–Crippen MR) is 86.8 cm³/mol. The van der Waals surface area contributed by atoms with Gasteiger partial charge < -0.3 is 10.5 Å². The van der Waals surface area contributed by atoms with E-state index in [0.29, 0.717) is 5.92 Å². The van der Waals surface area contributed by atoms with Crippen LogP contribution >= 0.6 is 27.7 Å². The molecule has 2 aliphatic heterocycles. The van der Waals surface area contributed by atoms with Crippen LogP contribution in [0.4, 0.5) is 0 Å². The number of hydrogen-bond acceptors (Lipinski definition) is 4. The molecule has 0 aliphatic carbocycles. The number of ether oxygens (including phenoxy) is 1. The average molecular weight is 357 g/mol. The molecule has 2 N–H and O–H groups in total. The van der Waals surface area contributed by atoms with Gasteiger partial charge in [-0.05, 0) is 70.7 Å². The third kappa shape index (κ3) is 3.21. The Bertz CT molecular complexity index is 459. The van der Waals surface area contributed by atoms with Gasteiger partial charge in [-0.3, -0.25) is 4.98 Å². The molecule has 1 spiro atoms. The molecule has 2 fully saturated rings. The van der Waals surface area contributed by atoms with Gasteiger partial charge in [0.1, 0.15) is 0 Å². The van der Waals surface area contributed by atoms with Crippen LogP contribution in [0.2, 0.25) is 0 Å². The van der Waals surface area contributed by atoms with Gasteiger partial charge in [-0.25, -0.2) is 0 Å². The molecule has 1 aromatic heterocycles. The monoisotopic (exact) mass is 356 g/mol. The number of nitrogens with two attached hydrogens (primary N) is 1. The molecule has 0 bridgehead atoms. The first-order chi connectivity index (χ1) is 9.69.